The van der Waals surface area contributed by atoms with Gasteiger partial charge >= 0.3 is 0 Å². The van der Waals surface area contributed by atoms with Gasteiger partial charge < -0.3 is 10.7 Å². The lowest BCUT2D eigenvalue weighted by molar-refractivity contribution is 0.466. The molecule has 0 saturated heterocycles. The number of nitrogens with one attached hydrogen (secondary N) is 3. The Morgan fingerprint density at radius 1 is 1.15 bits per heavy atom. The van der Waals surface area contributed by atoms with Crippen LogP contribution in [0.4, 0.5) is 0 Å². The third-order valence-electron chi connectivity index (χ3n) is 1.28. The predicted octanol–water partition coefficient (Wildman–Crippen LogP) is 1.52. The molecular formula is C10H21N3. The van der Waals surface area contributed by atoms with E-state index in [1.54, 1.807) is 0 Å². The molecule has 0 fully saturated rings. The van der Waals surface area contributed by atoms with Crippen LogP contribution in [0.2, 0.25) is 0 Å². The molecule has 0 aliphatic heterocycles. The molecule has 0 unspecified atom stereocenters. The van der Waals surface area contributed by atoms with Gasteiger partial charge in [-0.2, -0.15) is 0 Å². The van der Waals surface area contributed by atoms with E-state index in [4.69, 9.17) is 0 Å². The maximum atomic E-state index is 3.92. The molecule has 0 atom stereocenters. The Balaban J connectivity index is 3.82. The minimum absolute atomic E-state index is 0.0665. The molecular weight excluding hydrogens is 162 g/mol. The van der Waals surface area contributed by atoms with Crippen LogP contribution in [-0.4, -0.2) is 12.6 Å². The van der Waals surface area contributed by atoms with Crippen LogP contribution >= 0.6 is 0 Å². The standard InChI is InChI=1S/C10H21N3/c1-8(12-10(3,4)5)7-9(2)13-11-6/h11-13H,1-2,7H2,3-6H3. The average molecular weight is 183 g/mol. The molecule has 0 rings (SSSR count). The highest BCUT2D eigenvalue weighted by molar-refractivity contribution is 5.07. The monoisotopic (exact) mass is 183 g/mol. The lowest BCUT2D eigenvalue weighted by atomic mass is 10.1. The summed E-state index contributed by atoms with van der Waals surface area (Å²) in [5.74, 6) is 0. The van der Waals surface area contributed by atoms with Crippen LogP contribution in [0.1, 0.15) is 27.2 Å². The van der Waals surface area contributed by atoms with Gasteiger partial charge in [0.25, 0.3) is 0 Å². The molecule has 0 aromatic carbocycles. The second-order valence-electron chi connectivity index (χ2n) is 4.13. The molecule has 0 spiro atoms. The van der Waals surface area contributed by atoms with Crippen LogP contribution in [0.3, 0.4) is 0 Å². The van der Waals surface area contributed by atoms with Gasteiger partial charge in [0, 0.05) is 30.4 Å². The number of rotatable bonds is 5. The Bertz CT molecular complexity index is 189. The van der Waals surface area contributed by atoms with E-state index in [0.29, 0.717) is 0 Å². The van der Waals surface area contributed by atoms with Gasteiger partial charge in [0.2, 0.25) is 0 Å². The quantitative estimate of drug-likeness (QED) is 0.566. The first-order chi connectivity index (χ1) is 5.85. The highest BCUT2D eigenvalue weighted by Crippen LogP contribution is 2.07. The van der Waals surface area contributed by atoms with Crippen molar-refractivity contribution >= 4 is 0 Å². The fourth-order valence-electron chi connectivity index (χ4n) is 1.05. The first kappa shape index (κ1) is 12.0. The van der Waals surface area contributed by atoms with Crippen molar-refractivity contribution in [2.75, 3.05) is 7.05 Å². The minimum Gasteiger partial charge on any atom is -0.384 e. The Morgan fingerprint density at radius 2 is 1.69 bits per heavy atom. The Hall–Kier alpha value is -0.960. The summed E-state index contributed by atoms with van der Waals surface area (Å²) in [6.45, 7) is 14.1. The van der Waals surface area contributed by atoms with Gasteiger partial charge in [-0.05, 0) is 20.8 Å². The van der Waals surface area contributed by atoms with Crippen molar-refractivity contribution in [2.45, 2.75) is 32.7 Å². The van der Waals surface area contributed by atoms with E-state index in [0.717, 1.165) is 17.8 Å². The second kappa shape index (κ2) is 4.92. The number of hydrogen-bond donors (Lipinski definition) is 3. The summed E-state index contributed by atoms with van der Waals surface area (Å²) in [6.07, 6.45) is 0.734. The van der Waals surface area contributed by atoms with Gasteiger partial charge in [0.05, 0.1) is 0 Å². The van der Waals surface area contributed by atoms with Crippen molar-refractivity contribution < 1.29 is 0 Å². The third-order valence-corrected chi connectivity index (χ3v) is 1.28. The van der Waals surface area contributed by atoms with Gasteiger partial charge in [0.1, 0.15) is 0 Å². The Kier molecular flexibility index (Phi) is 4.56. The van der Waals surface area contributed by atoms with Crippen molar-refractivity contribution in [3.63, 3.8) is 0 Å². The Morgan fingerprint density at radius 3 is 2.08 bits per heavy atom. The Labute approximate surface area is 81.3 Å². The van der Waals surface area contributed by atoms with E-state index in [9.17, 15) is 0 Å². The lowest BCUT2D eigenvalue weighted by Crippen LogP contribution is -2.36. The minimum atomic E-state index is 0.0665. The molecule has 0 radical (unpaired) electrons. The molecule has 0 heterocycles. The van der Waals surface area contributed by atoms with Crippen molar-refractivity contribution in [3.05, 3.63) is 24.6 Å². The second-order valence-corrected chi connectivity index (χ2v) is 4.13. The largest absolute Gasteiger partial charge is 0.384 e. The van der Waals surface area contributed by atoms with E-state index in [-0.39, 0.29) is 5.54 Å². The van der Waals surface area contributed by atoms with Gasteiger partial charge in [0.15, 0.2) is 0 Å². The zero-order valence-electron chi connectivity index (χ0n) is 9.12. The normalized spacial score (nSPS) is 10.8. The van der Waals surface area contributed by atoms with Crippen LogP contribution in [0.5, 0.6) is 0 Å². The van der Waals surface area contributed by atoms with Crippen LogP contribution in [-0.2, 0) is 0 Å². The van der Waals surface area contributed by atoms with Gasteiger partial charge in [-0.1, -0.05) is 13.2 Å². The van der Waals surface area contributed by atoms with Gasteiger partial charge in [-0.15, -0.1) is 0 Å². The van der Waals surface area contributed by atoms with Crippen molar-refractivity contribution in [1.29, 1.82) is 0 Å². The first-order valence-corrected chi connectivity index (χ1v) is 4.41. The van der Waals surface area contributed by atoms with Crippen molar-refractivity contribution in [1.82, 2.24) is 16.2 Å². The number of hydrogen-bond acceptors (Lipinski definition) is 3. The summed E-state index contributed by atoms with van der Waals surface area (Å²) in [4.78, 5) is 0. The maximum absolute atomic E-state index is 3.92. The van der Waals surface area contributed by atoms with Gasteiger partial charge in [-0.3, -0.25) is 0 Å². The van der Waals surface area contributed by atoms with E-state index in [1.165, 1.54) is 0 Å². The first-order valence-electron chi connectivity index (χ1n) is 4.41. The van der Waals surface area contributed by atoms with Crippen LogP contribution in [0, 0.1) is 0 Å². The molecule has 0 aromatic rings. The average Bonchev–Trinajstić information content (AvgIpc) is 1.81. The fraction of sp³-hybridized carbons (Fsp3) is 0.600. The lowest BCUT2D eigenvalue weighted by Gasteiger charge is -2.24. The molecule has 76 valence electrons. The van der Waals surface area contributed by atoms with Crippen LogP contribution < -0.4 is 16.2 Å². The van der Waals surface area contributed by atoms with Crippen molar-refractivity contribution in [3.8, 4) is 0 Å². The molecule has 0 aliphatic rings. The SMILES string of the molecule is C=C(CC(=C)NC(C)(C)C)NNC. The maximum Gasteiger partial charge on any atom is 0.0286 e. The summed E-state index contributed by atoms with van der Waals surface area (Å²) in [7, 11) is 1.81. The van der Waals surface area contributed by atoms with Crippen LogP contribution in [0.15, 0.2) is 24.6 Å². The van der Waals surface area contributed by atoms with Crippen molar-refractivity contribution in [2.24, 2.45) is 0 Å². The summed E-state index contributed by atoms with van der Waals surface area (Å²) in [5.41, 5.74) is 7.68. The molecule has 0 amide bonds. The zero-order valence-corrected chi connectivity index (χ0v) is 9.12. The molecule has 3 heteroatoms. The highest BCUT2D eigenvalue weighted by atomic mass is 15.3. The van der Waals surface area contributed by atoms with Gasteiger partial charge in [-0.25, -0.2) is 5.43 Å². The molecule has 0 aliphatic carbocycles. The smallest absolute Gasteiger partial charge is 0.0286 e. The number of hydrazine groups is 1. The van der Waals surface area contributed by atoms with E-state index >= 15 is 0 Å². The molecule has 3 nitrogen and oxygen atoms in total. The molecule has 3 N–H and O–H groups in total. The molecule has 0 saturated carbocycles. The topological polar surface area (TPSA) is 36.1 Å². The van der Waals surface area contributed by atoms with Crippen LogP contribution in [0.25, 0.3) is 0 Å². The van der Waals surface area contributed by atoms with E-state index < -0.39 is 0 Å². The fourth-order valence-corrected chi connectivity index (χ4v) is 1.05. The zero-order chi connectivity index (χ0) is 10.5. The molecule has 13 heavy (non-hydrogen) atoms. The van der Waals surface area contributed by atoms with E-state index in [2.05, 4.69) is 50.1 Å². The molecule has 0 bridgehead atoms. The predicted molar refractivity (Wildman–Crippen MR) is 58.0 cm³/mol. The summed E-state index contributed by atoms with van der Waals surface area (Å²) in [6, 6.07) is 0. The van der Waals surface area contributed by atoms with E-state index in [1.807, 2.05) is 7.05 Å². The summed E-state index contributed by atoms with van der Waals surface area (Å²) < 4.78 is 0. The molecule has 0 aromatic heterocycles. The highest BCUT2D eigenvalue weighted by Gasteiger charge is 2.09. The summed E-state index contributed by atoms with van der Waals surface area (Å²) >= 11 is 0. The summed E-state index contributed by atoms with van der Waals surface area (Å²) in [5, 5.41) is 3.29. The third kappa shape index (κ3) is 7.40.